The van der Waals surface area contributed by atoms with Gasteiger partial charge in [0.15, 0.2) is 6.23 Å². The number of nitrogens with two attached hydrogens (primary N) is 1. The van der Waals surface area contributed by atoms with E-state index in [9.17, 15) is 29.7 Å². The van der Waals surface area contributed by atoms with Gasteiger partial charge in [0.2, 0.25) is 17.7 Å². The predicted molar refractivity (Wildman–Crippen MR) is 136 cm³/mol. The highest BCUT2D eigenvalue weighted by molar-refractivity contribution is 5.77. The van der Waals surface area contributed by atoms with Gasteiger partial charge in [-0.1, -0.05) is 44.9 Å². The predicted octanol–water partition coefficient (Wildman–Crippen LogP) is 0.193. The topological polar surface area (TPSA) is 183 Å². The molecule has 5 atom stereocenters. The van der Waals surface area contributed by atoms with E-state index in [2.05, 4.69) is 16.0 Å². The number of hydrogen-bond acceptors (Lipinski definition) is 8. The van der Waals surface area contributed by atoms with Gasteiger partial charge in [0, 0.05) is 26.3 Å². The molecule has 11 nitrogen and oxygen atoms in total. The van der Waals surface area contributed by atoms with Crippen molar-refractivity contribution in [1.29, 1.82) is 0 Å². The molecule has 0 unspecified atom stereocenters. The molecule has 36 heavy (non-hydrogen) atoms. The zero-order valence-corrected chi connectivity index (χ0v) is 21.8. The minimum Gasteiger partial charge on any atom is -0.394 e. The lowest BCUT2D eigenvalue weighted by molar-refractivity contribution is -0.203. The summed E-state index contributed by atoms with van der Waals surface area (Å²) in [4.78, 5) is 35.7. The van der Waals surface area contributed by atoms with Crippen LogP contribution in [0.3, 0.4) is 0 Å². The van der Waals surface area contributed by atoms with Gasteiger partial charge >= 0.3 is 0 Å². The smallest absolute Gasteiger partial charge is 0.222 e. The van der Waals surface area contributed by atoms with Gasteiger partial charge in [0.25, 0.3) is 0 Å². The minimum absolute atomic E-state index is 0.0633. The van der Waals surface area contributed by atoms with Crippen molar-refractivity contribution in [3.63, 3.8) is 0 Å². The third-order valence-electron chi connectivity index (χ3n) is 6.36. The molecule has 3 amide bonds. The van der Waals surface area contributed by atoms with Gasteiger partial charge in [0.1, 0.15) is 24.4 Å². The molecule has 11 heteroatoms. The molecule has 0 saturated carbocycles. The average molecular weight is 517 g/mol. The van der Waals surface area contributed by atoms with Gasteiger partial charge < -0.3 is 41.7 Å². The van der Waals surface area contributed by atoms with E-state index in [0.29, 0.717) is 19.4 Å². The van der Waals surface area contributed by atoms with Crippen LogP contribution in [0.15, 0.2) is 0 Å². The van der Waals surface area contributed by atoms with Crippen LogP contribution in [0.2, 0.25) is 0 Å². The number of ether oxygens (including phenoxy) is 1. The first-order valence-corrected chi connectivity index (χ1v) is 13.5. The van der Waals surface area contributed by atoms with Crippen LogP contribution in [0.1, 0.15) is 90.4 Å². The molecule has 1 saturated heterocycles. The zero-order chi connectivity index (χ0) is 26.8. The SMILES string of the molecule is CC(=O)N[C@@H]1[C@@H](O)[C@H](O)[C@@H](CO)O[C@H]1NC(=O)CCCCCNC(=O)CCCCCCCCCCN. The molecule has 0 bridgehead atoms. The molecule has 8 N–H and O–H groups in total. The van der Waals surface area contributed by atoms with E-state index >= 15 is 0 Å². The molecule has 0 aromatic heterocycles. The maximum Gasteiger partial charge on any atom is 0.222 e. The lowest BCUT2D eigenvalue weighted by atomic mass is 9.95. The number of nitrogens with one attached hydrogen (secondary N) is 3. The maximum atomic E-state index is 12.3. The van der Waals surface area contributed by atoms with E-state index in [-0.39, 0.29) is 18.2 Å². The standard InChI is InChI=1S/C25H48N4O7/c1-18(31)28-22-24(35)23(34)19(17-30)36-25(22)29-21(33)14-10-8-12-16-27-20(32)13-9-6-4-2-3-5-7-11-15-26/h19,22-25,30,34-35H,2-17,26H2,1H3,(H,27,32)(H,28,31)(H,29,33)/t19-,22-,23-,24-,25-/m1/s1. The summed E-state index contributed by atoms with van der Waals surface area (Å²) in [5.41, 5.74) is 5.48. The molecular formula is C25H48N4O7. The molecule has 1 rings (SSSR count). The van der Waals surface area contributed by atoms with Crippen LogP contribution in [0, 0.1) is 0 Å². The van der Waals surface area contributed by atoms with E-state index in [1.54, 1.807) is 0 Å². The first kappa shape index (κ1) is 32.2. The molecule has 1 aliphatic heterocycles. The molecule has 0 spiro atoms. The fraction of sp³-hybridized carbons (Fsp3) is 0.880. The summed E-state index contributed by atoms with van der Waals surface area (Å²) in [6, 6.07) is -1.04. The van der Waals surface area contributed by atoms with Crippen LogP contribution in [-0.4, -0.2) is 83.3 Å². The van der Waals surface area contributed by atoms with Crippen molar-refractivity contribution in [2.45, 2.75) is 121 Å². The highest BCUT2D eigenvalue weighted by Gasteiger charge is 2.45. The first-order chi connectivity index (χ1) is 17.3. The normalized spacial score (nSPS) is 23.8. The van der Waals surface area contributed by atoms with Gasteiger partial charge in [-0.25, -0.2) is 0 Å². The molecule has 0 aliphatic carbocycles. The lowest BCUT2D eigenvalue weighted by Gasteiger charge is -2.42. The number of unbranched alkanes of at least 4 members (excludes halogenated alkanes) is 9. The van der Waals surface area contributed by atoms with Crippen LogP contribution < -0.4 is 21.7 Å². The maximum absolute atomic E-state index is 12.3. The van der Waals surface area contributed by atoms with Gasteiger partial charge in [-0.2, -0.15) is 0 Å². The third-order valence-corrected chi connectivity index (χ3v) is 6.36. The summed E-state index contributed by atoms with van der Waals surface area (Å²) in [7, 11) is 0. The second-order valence-corrected chi connectivity index (χ2v) is 9.58. The van der Waals surface area contributed by atoms with Crippen molar-refractivity contribution in [3.8, 4) is 0 Å². The van der Waals surface area contributed by atoms with Gasteiger partial charge in [-0.05, 0) is 32.2 Å². The Morgan fingerprint density at radius 1 is 0.778 bits per heavy atom. The second kappa shape index (κ2) is 19.3. The summed E-state index contributed by atoms with van der Waals surface area (Å²) < 4.78 is 5.49. The average Bonchev–Trinajstić information content (AvgIpc) is 2.84. The van der Waals surface area contributed by atoms with E-state index in [1.807, 2.05) is 0 Å². The van der Waals surface area contributed by atoms with Gasteiger partial charge in [0.05, 0.1) is 6.61 Å². The summed E-state index contributed by atoms with van der Waals surface area (Å²) in [6.45, 7) is 2.05. The molecule has 1 heterocycles. The van der Waals surface area contributed by atoms with Crippen LogP contribution in [0.5, 0.6) is 0 Å². The highest BCUT2D eigenvalue weighted by Crippen LogP contribution is 2.20. The molecular weight excluding hydrogens is 468 g/mol. The van der Waals surface area contributed by atoms with Crippen LogP contribution in [0.4, 0.5) is 0 Å². The Labute approximate surface area is 214 Å². The summed E-state index contributed by atoms with van der Waals surface area (Å²) in [5, 5.41) is 37.7. The van der Waals surface area contributed by atoms with Gasteiger partial charge in [-0.3, -0.25) is 14.4 Å². The Balaban J connectivity index is 2.14. The zero-order valence-electron chi connectivity index (χ0n) is 21.8. The number of rotatable bonds is 19. The Bertz CT molecular complexity index is 638. The van der Waals surface area contributed by atoms with Crippen LogP contribution >= 0.6 is 0 Å². The van der Waals surface area contributed by atoms with Crippen molar-refractivity contribution >= 4 is 17.7 Å². The largest absolute Gasteiger partial charge is 0.394 e. The number of carbonyl (C=O) groups excluding carboxylic acids is 3. The second-order valence-electron chi connectivity index (χ2n) is 9.58. The quantitative estimate of drug-likeness (QED) is 0.119. The number of amides is 3. The Morgan fingerprint density at radius 2 is 1.33 bits per heavy atom. The van der Waals surface area contributed by atoms with E-state index in [0.717, 1.165) is 45.1 Å². The highest BCUT2D eigenvalue weighted by atomic mass is 16.5. The van der Waals surface area contributed by atoms with Crippen molar-refractivity contribution in [1.82, 2.24) is 16.0 Å². The summed E-state index contributed by atoms with van der Waals surface area (Å²) >= 11 is 0. The van der Waals surface area contributed by atoms with Gasteiger partial charge in [-0.15, -0.1) is 0 Å². The minimum atomic E-state index is -1.40. The number of carbonyl (C=O) groups is 3. The third kappa shape index (κ3) is 13.5. The molecule has 0 aromatic rings. The molecule has 1 fully saturated rings. The van der Waals surface area contributed by atoms with E-state index in [4.69, 9.17) is 10.5 Å². The van der Waals surface area contributed by atoms with Crippen molar-refractivity contribution in [3.05, 3.63) is 0 Å². The van der Waals surface area contributed by atoms with Crippen molar-refractivity contribution in [2.24, 2.45) is 5.73 Å². The Hall–Kier alpha value is -1.79. The number of aliphatic hydroxyl groups is 3. The van der Waals surface area contributed by atoms with Crippen molar-refractivity contribution in [2.75, 3.05) is 19.7 Å². The Morgan fingerprint density at radius 3 is 1.92 bits per heavy atom. The number of hydrogen-bond donors (Lipinski definition) is 7. The molecule has 0 aromatic carbocycles. The monoisotopic (exact) mass is 516 g/mol. The molecule has 1 aliphatic rings. The van der Waals surface area contributed by atoms with Crippen molar-refractivity contribution < 1.29 is 34.4 Å². The van der Waals surface area contributed by atoms with Crippen LogP contribution in [-0.2, 0) is 19.1 Å². The summed E-state index contributed by atoms with van der Waals surface area (Å²) in [5.74, 6) is -0.722. The van der Waals surface area contributed by atoms with E-state index in [1.165, 1.54) is 32.6 Å². The molecule has 0 radical (unpaired) electrons. The van der Waals surface area contributed by atoms with E-state index < -0.39 is 43.1 Å². The number of aliphatic hydroxyl groups excluding tert-OH is 3. The fourth-order valence-electron chi connectivity index (χ4n) is 4.26. The first-order valence-electron chi connectivity index (χ1n) is 13.5. The Kier molecular flexibility index (Phi) is 17.3. The molecule has 210 valence electrons. The summed E-state index contributed by atoms with van der Waals surface area (Å²) in [6.07, 6.45) is 7.03. The van der Waals surface area contributed by atoms with Crippen LogP contribution in [0.25, 0.3) is 0 Å². The lowest BCUT2D eigenvalue weighted by Crippen LogP contribution is -2.68. The fourth-order valence-corrected chi connectivity index (χ4v) is 4.26.